The first kappa shape index (κ1) is 24.4. The van der Waals surface area contributed by atoms with Crippen LogP contribution < -0.4 is 4.74 Å². The summed E-state index contributed by atoms with van der Waals surface area (Å²) in [5.74, 6) is 0.879. The summed E-state index contributed by atoms with van der Waals surface area (Å²) < 4.78 is 11.5. The lowest BCUT2D eigenvalue weighted by Crippen LogP contribution is -2.29. The highest BCUT2D eigenvalue weighted by atomic mass is 35.5. The highest BCUT2D eigenvalue weighted by Crippen LogP contribution is 2.33. The molecule has 2 aromatic rings. The van der Waals surface area contributed by atoms with E-state index in [-0.39, 0.29) is 25.7 Å². The van der Waals surface area contributed by atoms with Gasteiger partial charge in [0, 0.05) is 18.6 Å². The van der Waals surface area contributed by atoms with Crippen LogP contribution in [0, 0.1) is 0 Å². The van der Waals surface area contributed by atoms with Crippen molar-refractivity contribution >= 4 is 11.6 Å². The van der Waals surface area contributed by atoms with Crippen molar-refractivity contribution in [2.75, 3.05) is 13.7 Å². The lowest BCUT2D eigenvalue weighted by Gasteiger charge is -2.31. The molecule has 2 N–H and O–H groups in total. The minimum Gasteiger partial charge on any atom is -0.494 e. The zero-order valence-corrected chi connectivity index (χ0v) is 16.9. The van der Waals surface area contributed by atoms with Gasteiger partial charge in [-0.2, -0.15) is 0 Å². The Morgan fingerprint density at radius 3 is 2.39 bits per heavy atom. The Morgan fingerprint density at radius 1 is 1.11 bits per heavy atom. The quantitative estimate of drug-likeness (QED) is 0.716. The van der Waals surface area contributed by atoms with Crippen LogP contribution in [-0.2, 0) is 11.2 Å². The van der Waals surface area contributed by atoms with Crippen LogP contribution in [0.15, 0.2) is 42.5 Å². The molecule has 1 saturated heterocycles. The second-order valence-corrected chi connectivity index (χ2v) is 7.07. The van der Waals surface area contributed by atoms with E-state index in [9.17, 15) is 5.11 Å². The van der Waals surface area contributed by atoms with Crippen molar-refractivity contribution in [3.05, 3.63) is 64.2 Å². The van der Waals surface area contributed by atoms with Crippen LogP contribution in [0.1, 0.15) is 56.9 Å². The maximum atomic E-state index is 10.0. The molecule has 3 unspecified atom stereocenters. The van der Waals surface area contributed by atoms with E-state index in [0.29, 0.717) is 19.4 Å². The van der Waals surface area contributed by atoms with Gasteiger partial charge in [-0.05, 0) is 61.6 Å². The van der Waals surface area contributed by atoms with Gasteiger partial charge >= 0.3 is 0 Å². The maximum Gasteiger partial charge on any atom is 0.119 e. The van der Waals surface area contributed by atoms with Gasteiger partial charge in [-0.15, -0.1) is 0 Å². The van der Waals surface area contributed by atoms with Crippen LogP contribution in [0.5, 0.6) is 5.75 Å². The second kappa shape index (κ2) is 12.1. The minimum absolute atomic E-state index is 0. The van der Waals surface area contributed by atoms with Crippen LogP contribution in [0.25, 0.3) is 0 Å². The predicted octanol–water partition coefficient (Wildman–Crippen LogP) is 5.18. The standard InChI is InChI=1S/C21H25ClO3.CH4O.CH4/c1-3-24-19-7-4-15(5-8-19)11-17-12-16(6-9-20(17)22)21-13-18(23)10-14(2)25-21;1-2;/h4-9,12,14,18,21,23H,3,10-11,13H2,1-2H3;2H,1H3;1H4. The molecule has 2 aromatic carbocycles. The van der Waals surface area contributed by atoms with Crippen molar-refractivity contribution in [1.82, 2.24) is 0 Å². The van der Waals surface area contributed by atoms with Gasteiger partial charge < -0.3 is 19.7 Å². The number of benzene rings is 2. The van der Waals surface area contributed by atoms with Gasteiger partial charge in [0.25, 0.3) is 0 Å². The first-order valence-electron chi connectivity index (χ1n) is 9.33. The summed E-state index contributed by atoms with van der Waals surface area (Å²) in [7, 11) is 1.00. The average molecular weight is 409 g/mol. The summed E-state index contributed by atoms with van der Waals surface area (Å²) in [6.45, 7) is 4.65. The fourth-order valence-corrected chi connectivity index (χ4v) is 3.54. The van der Waals surface area contributed by atoms with E-state index in [2.05, 4.69) is 18.2 Å². The Balaban J connectivity index is 0.00000127. The van der Waals surface area contributed by atoms with E-state index >= 15 is 0 Å². The molecule has 1 heterocycles. The smallest absolute Gasteiger partial charge is 0.119 e. The summed E-state index contributed by atoms with van der Waals surface area (Å²) in [5.41, 5.74) is 3.33. The number of hydrogen-bond acceptors (Lipinski definition) is 4. The Kier molecular flexibility index (Phi) is 10.5. The highest BCUT2D eigenvalue weighted by molar-refractivity contribution is 6.31. The Bertz CT molecular complexity index is 692. The van der Waals surface area contributed by atoms with E-state index in [1.54, 1.807) is 0 Å². The second-order valence-electron chi connectivity index (χ2n) is 6.67. The molecule has 0 aromatic heterocycles. The molecule has 156 valence electrons. The Morgan fingerprint density at radius 2 is 1.79 bits per heavy atom. The molecule has 0 bridgehead atoms. The van der Waals surface area contributed by atoms with Crippen LogP contribution in [-0.4, -0.2) is 36.1 Å². The molecule has 5 heteroatoms. The normalized spacial score (nSPS) is 21.1. The van der Waals surface area contributed by atoms with Crippen LogP contribution in [0.4, 0.5) is 0 Å². The molecule has 0 saturated carbocycles. The monoisotopic (exact) mass is 408 g/mol. The molecule has 0 aliphatic carbocycles. The van der Waals surface area contributed by atoms with E-state index in [1.807, 2.05) is 38.1 Å². The van der Waals surface area contributed by atoms with E-state index in [1.165, 1.54) is 5.56 Å². The Hall–Kier alpha value is -1.59. The third-order valence-corrected chi connectivity index (χ3v) is 4.93. The lowest BCUT2D eigenvalue weighted by atomic mass is 9.94. The van der Waals surface area contributed by atoms with E-state index in [4.69, 9.17) is 26.2 Å². The lowest BCUT2D eigenvalue weighted by molar-refractivity contribution is -0.0895. The number of hydrogen-bond donors (Lipinski definition) is 2. The van der Waals surface area contributed by atoms with E-state index in [0.717, 1.165) is 35.4 Å². The molecule has 1 fully saturated rings. The van der Waals surface area contributed by atoms with Gasteiger partial charge in [-0.25, -0.2) is 0 Å². The van der Waals surface area contributed by atoms with Gasteiger partial charge in [-0.1, -0.05) is 43.3 Å². The van der Waals surface area contributed by atoms with Crippen LogP contribution in [0.2, 0.25) is 5.02 Å². The van der Waals surface area contributed by atoms with Gasteiger partial charge in [0.15, 0.2) is 0 Å². The van der Waals surface area contributed by atoms with Crippen LogP contribution in [0.3, 0.4) is 0 Å². The zero-order valence-electron chi connectivity index (χ0n) is 16.2. The van der Waals surface area contributed by atoms with Gasteiger partial charge in [0.1, 0.15) is 5.75 Å². The fourth-order valence-electron chi connectivity index (χ4n) is 3.35. The minimum atomic E-state index is -0.306. The first-order valence-corrected chi connectivity index (χ1v) is 9.71. The van der Waals surface area contributed by atoms with Crippen molar-refractivity contribution < 1.29 is 19.7 Å². The van der Waals surface area contributed by atoms with Crippen molar-refractivity contribution in [2.45, 2.75) is 58.8 Å². The van der Waals surface area contributed by atoms with Crippen molar-refractivity contribution in [3.63, 3.8) is 0 Å². The van der Waals surface area contributed by atoms with Gasteiger partial charge in [-0.3, -0.25) is 0 Å². The van der Waals surface area contributed by atoms with E-state index < -0.39 is 0 Å². The topological polar surface area (TPSA) is 58.9 Å². The first-order chi connectivity index (χ1) is 13.0. The summed E-state index contributed by atoms with van der Waals surface area (Å²) in [4.78, 5) is 0. The molecular formula is C23H33ClO4. The largest absolute Gasteiger partial charge is 0.494 e. The van der Waals surface area contributed by atoms with Crippen LogP contribution >= 0.6 is 11.6 Å². The molecule has 3 rings (SSSR count). The number of rotatable bonds is 5. The molecule has 0 spiro atoms. The predicted molar refractivity (Wildman–Crippen MR) is 115 cm³/mol. The summed E-state index contributed by atoms with van der Waals surface area (Å²) in [5, 5.41) is 17.8. The van der Waals surface area contributed by atoms with Gasteiger partial charge in [0.05, 0.1) is 24.9 Å². The summed E-state index contributed by atoms with van der Waals surface area (Å²) >= 11 is 6.41. The number of ether oxygens (including phenoxy) is 2. The number of aliphatic hydroxyl groups excluding tert-OH is 2. The molecule has 0 radical (unpaired) electrons. The molecule has 1 aliphatic rings. The van der Waals surface area contributed by atoms with Crippen molar-refractivity contribution in [1.29, 1.82) is 0 Å². The van der Waals surface area contributed by atoms with Crippen molar-refractivity contribution in [3.8, 4) is 5.75 Å². The van der Waals surface area contributed by atoms with Crippen molar-refractivity contribution in [2.24, 2.45) is 0 Å². The third kappa shape index (κ3) is 6.78. The maximum absolute atomic E-state index is 10.0. The molecule has 28 heavy (non-hydrogen) atoms. The zero-order chi connectivity index (χ0) is 19.8. The summed E-state index contributed by atoms with van der Waals surface area (Å²) in [6, 6.07) is 14.1. The molecule has 0 amide bonds. The number of halogens is 1. The molecular weight excluding hydrogens is 376 g/mol. The molecule has 1 aliphatic heterocycles. The fraction of sp³-hybridized carbons (Fsp3) is 0.478. The summed E-state index contributed by atoms with van der Waals surface area (Å²) in [6.07, 6.45) is 1.77. The third-order valence-electron chi connectivity index (χ3n) is 4.56. The average Bonchev–Trinajstić information content (AvgIpc) is 2.66. The molecule has 4 nitrogen and oxygen atoms in total. The van der Waals surface area contributed by atoms with Gasteiger partial charge in [0.2, 0.25) is 0 Å². The highest BCUT2D eigenvalue weighted by Gasteiger charge is 2.27. The Labute approximate surface area is 174 Å². The SMILES string of the molecule is C.CCOc1ccc(Cc2cc(C3CC(O)CC(C)O3)ccc2Cl)cc1.CO. The molecule has 3 atom stereocenters. The number of aliphatic hydroxyl groups is 2.